The van der Waals surface area contributed by atoms with Crippen molar-refractivity contribution in [2.45, 2.75) is 6.92 Å². The van der Waals surface area contributed by atoms with Crippen molar-refractivity contribution in [2.75, 3.05) is 11.9 Å². The second-order valence-electron chi connectivity index (χ2n) is 6.23. The van der Waals surface area contributed by atoms with Crippen LogP contribution in [-0.4, -0.2) is 43.1 Å². The summed E-state index contributed by atoms with van der Waals surface area (Å²) in [6, 6.07) is 10.8. The first kappa shape index (κ1) is 19.4. The summed E-state index contributed by atoms with van der Waals surface area (Å²) < 4.78 is 1.72. The number of nitrogens with zero attached hydrogens (tertiary/aromatic N) is 5. The number of benzene rings is 1. The normalized spacial score (nSPS) is 10.6. The largest absolute Gasteiger partial charge is 0.342 e. The predicted octanol–water partition coefficient (Wildman–Crippen LogP) is 2.46. The van der Waals surface area contributed by atoms with Gasteiger partial charge in [0.15, 0.2) is 10.8 Å². The van der Waals surface area contributed by atoms with Crippen LogP contribution in [0.1, 0.15) is 15.4 Å². The Morgan fingerprint density at radius 2 is 1.83 bits per heavy atom. The van der Waals surface area contributed by atoms with E-state index in [0.717, 1.165) is 5.69 Å². The summed E-state index contributed by atoms with van der Waals surface area (Å²) in [7, 11) is 0. The van der Waals surface area contributed by atoms with Crippen molar-refractivity contribution in [3.63, 3.8) is 0 Å². The molecule has 0 saturated carbocycles. The molecule has 0 aliphatic rings. The maximum absolute atomic E-state index is 12.5. The molecule has 3 aromatic heterocycles. The molecule has 1 aromatic carbocycles. The Morgan fingerprint density at radius 3 is 2.53 bits per heavy atom. The number of hydrogen-bond acceptors (Lipinski definition) is 7. The highest BCUT2D eigenvalue weighted by atomic mass is 32.1. The summed E-state index contributed by atoms with van der Waals surface area (Å²) in [6.07, 6.45) is 6.76. The van der Waals surface area contributed by atoms with Gasteiger partial charge in [0.05, 0.1) is 17.9 Å². The van der Waals surface area contributed by atoms with Crippen LogP contribution >= 0.6 is 11.3 Å². The quantitative estimate of drug-likeness (QED) is 0.496. The molecule has 150 valence electrons. The van der Waals surface area contributed by atoms with Crippen LogP contribution in [0.4, 0.5) is 5.69 Å². The molecule has 0 radical (unpaired) electrons. The number of amides is 2. The van der Waals surface area contributed by atoms with E-state index >= 15 is 0 Å². The number of aryl methyl sites for hydroxylation is 1. The number of rotatable bonds is 6. The molecular formula is C20H17N7O2S. The first-order valence-electron chi connectivity index (χ1n) is 9.03. The molecule has 10 heteroatoms. The van der Waals surface area contributed by atoms with E-state index in [2.05, 4.69) is 30.7 Å². The zero-order valence-electron chi connectivity index (χ0n) is 15.9. The zero-order chi connectivity index (χ0) is 20.9. The fourth-order valence-electron chi connectivity index (χ4n) is 2.68. The number of hydrogen-bond donors (Lipinski definition) is 2. The van der Waals surface area contributed by atoms with Gasteiger partial charge in [-0.05, 0) is 43.3 Å². The molecule has 3 heterocycles. The van der Waals surface area contributed by atoms with Crippen molar-refractivity contribution in [3.8, 4) is 16.5 Å². The Morgan fingerprint density at radius 1 is 1.07 bits per heavy atom. The second kappa shape index (κ2) is 8.62. The number of carbonyl (C=O) groups excluding carboxylic acids is 2. The third-order valence-electron chi connectivity index (χ3n) is 4.09. The summed E-state index contributed by atoms with van der Waals surface area (Å²) in [6.45, 7) is 1.58. The van der Waals surface area contributed by atoms with Crippen LogP contribution in [0.5, 0.6) is 0 Å². The van der Waals surface area contributed by atoms with Crippen molar-refractivity contribution in [1.29, 1.82) is 0 Å². The minimum atomic E-state index is -0.364. The standard InChI is InChI=1S/C20H17N7O2S/c1-13-17(30-20(25-13)18-21-8-2-9-22-18)19(29)23-12-16(28)26-14-4-6-15(7-5-14)27-11-3-10-24-27/h2-11H,12H2,1H3,(H,23,29)(H,26,28). The molecule has 0 atom stereocenters. The molecule has 0 unspecified atom stereocenters. The summed E-state index contributed by atoms with van der Waals surface area (Å²) in [5.74, 6) is -0.235. The van der Waals surface area contributed by atoms with E-state index in [4.69, 9.17) is 0 Å². The Kier molecular flexibility index (Phi) is 5.57. The van der Waals surface area contributed by atoms with Gasteiger partial charge in [-0.3, -0.25) is 9.59 Å². The zero-order valence-corrected chi connectivity index (χ0v) is 16.8. The van der Waals surface area contributed by atoms with Gasteiger partial charge in [0, 0.05) is 30.5 Å². The Balaban J connectivity index is 1.34. The van der Waals surface area contributed by atoms with Crippen molar-refractivity contribution in [2.24, 2.45) is 0 Å². The fraction of sp³-hybridized carbons (Fsp3) is 0.100. The van der Waals surface area contributed by atoms with Crippen molar-refractivity contribution >= 4 is 28.8 Å². The van der Waals surface area contributed by atoms with Gasteiger partial charge in [0.2, 0.25) is 5.91 Å². The van der Waals surface area contributed by atoms with E-state index in [-0.39, 0.29) is 18.4 Å². The smallest absolute Gasteiger partial charge is 0.263 e. The summed E-state index contributed by atoms with van der Waals surface area (Å²) in [5, 5.41) is 10.1. The van der Waals surface area contributed by atoms with Crippen LogP contribution < -0.4 is 10.6 Å². The maximum atomic E-state index is 12.5. The van der Waals surface area contributed by atoms with Gasteiger partial charge in [-0.15, -0.1) is 11.3 Å². The number of anilines is 1. The van der Waals surface area contributed by atoms with Crippen LogP contribution in [0, 0.1) is 6.92 Å². The molecule has 4 aromatic rings. The van der Waals surface area contributed by atoms with Gasteiger partial charge in [0.25, 0.3) is 5.91 Å². The van der Waals surface area contributed by atoms with Crippen LogP contribution in [0.25, 0.3) is 16.5 Å². The average Bonchev–Trinajstić information content (AvgIpc) is 3.43. The molecule has 30 heavy (non-hydrogen) atoms. The molecule has 0 fully saturated rings. The monoisotopic (exact) mass is 419 g/mol. The van der Waals surface area contributed by atoms with E-state index in [9.17, 15) is 9.59 Å². The molecule has 4 rings (SSSR count). The van der Waals surface area contributed by atoms with E-state index in [1.807, 2.05) is 24.4 Å². The van der Waals surface area contributed by atoms with Crippen molar-refractivity contribution < 1.29 is 9.59 Å². The summed E-state index contributed by atoms with van der Waals surface area (Å²) in [4.78, 5) is 37.7. The first-order chi connectivity index (χ1) is 14.6. The van der Waals surface area contributed by atoms with Gasteiger partial charge in [-0.2, -0.15) is 5.10 Å². The topological polar surface area (TPSA) is 115 Å². The van der Waals surface area contributed by atoms with Gasteiger partial charge in [0.1, 0.15) is 4.88 Å². The third kappa shape index (κ3) is 4.39. The lowest BCUT2D eigenvalue weighted by Crippen LogP contribution is -2.32. The van der Waals surface area contributed by atoms with Gasteiger partial charge in [-0.25, -0.2) is 19.6 Å². The van der Waals surface area contributed by atoms with E-state index in [1.165, 1.54) is 11.3 Å². The minimum Gasteiger partial charge on any atom is -0.342 e. The van der Waals surface area contributed by atoms with Gasteiger partial charge < -0.3 is 10.6 Å². The SMILES string of the molecule is Cc1nc(-c2ncccn2)sc1C(=O)NCC(=O)Nc1ccc(-n2cccn2)cc1. The number of nitrogens with one attached hydrogen (secondary N) is 2. The highest BCUT2D eigenvalue weighted by Crippen LogP contribution is 2.24. The van der Waals surface area contributed by atoms with E-state index < -0.39 is 0 Å². The molecule has 0 bridgehead atoms. The molecule has 0 saturated heterocycles. The Labute approximate surface area is 175 Å². The molecular weight excluding hydrogens is 402 g/mol. The van der Waals surface area contributed by atoms with Crippen LogP contribution in [0.2, 0.25) is 0 Å². The Bertz CT molecular complexity index is 1160. The Hall–Kier alpha value is -3.92. The third-order valence-corrected chi connectivity index (χ3v) is 5.24. The highest BCUT2D eigenvalue weighted by molar-refractivity contribution is 7.17. The van der Waals surface area contributed by atoms with E-state index in [0.29, 0.717) is 27.1 Å². The second-order valence-corrected chi connectivity index (χ2v) is 7.23. The van der Waals surface area contributed by atoms with Gasteiger partial charge in [-0.1, -0.05) is 0 Å². The lowest BCUT2D eigenvalue weighted by molar-refractivity contribution is -0.115. The molecule has 0 spiro atoms. The van der Waals surface area contributed by atoms with Gasteiger partial charge >= 0.3 is 0 Å². The van der Waals surface area contributed by atoms with Crippen LogP contribution in [0.3, 0.4) is 0 Å². The average molecular weight is 419 g/mol. The minimum absolute atomic E-state index is 0.158. The van der Waals surface area contributed by atoms with Crippen LogP contribution in [0.15, 0.2) is 61.2 Å². The number of aromatic nitrogens is 5. The maximum Gasteiger partial charge on any atom is 0.263 e. The van der Waals surface area contributed by atoms with Crippen molar-refractivity contribution in [3.05, 3.63) is 71.8 Å². The first-order valence-corrected chi connectivity index (χ1v) is 9.85. The molecule has 2 amide bonds. The van der Waals surface area contributed by atoms with E-state index in [1.54, 1.807) is 48.4 Å². The molecule has 2 N–H and O–H groups in total. The molecule has 0 aliphatic carbocycles. The lowest BCUT2D eigenvalue weighted by Gasteiger charge is -2.08. The fourth-order valence-corrected chi connectivity index (χ4v) is 3.61. The predicted molar refractivity (Wildman–Crippen MR) is 112 cm³/mol. The number of thiazole rings is 1. The van der Waals surface area contributed by atoms with Crippen LogP contribution in [-0.2, 0) is 4.79 Å². The van der Waals surface area contributed by atoms with Crippen molar-refractivity contribution in [1.82, 2.24) is 30.0 Å². The summed E-state index contributed by atoms with van der Waals surface area (Å²) >= 11 is 1.19. The lowest BCUT2D eigenvalue weighted by atomic mass is 10.3. The highest BCUT2D eigenvalue weighted by Gasteiger charge is 2.18. The summed E-state index contributed by atoms with van der Waals surface area (Å²) in [5.41, 5.74) is 2.07. The molecule has 0 aliphatic heterocycles. The number of carbonyl (C=O) groups is 2. The molecule has 9 nitrogen and oxygen atoms in total.